The molecule has 0 atom stereocenters. The van der Waals surface area contributed by atoms with Crippen LogP contribution in [0.1, 0.15) is 38.3 Å². The quantitative estimate of drug-likeness (QED) is 0.617. The normalized spacial score (nSPS) is 14.6. The number of methoxy groups -OCH3 is 2. The van der Waals surface area contributed by atoms with Gasteiger partial charge in [0.2, 0.25) is 0 Å². The first kappa shape index (κ1) is 21.7. The fraction of sp³-hybridized carbons (Fsp3) is 0.375. The van der Waals surface area contributed by atoms with Crippen molar-refractivity contribution in [1.82, 2.24) is 4.90 Å². The molecule has 0 saturated heterocycles. The van der Waals surface area contributed by atoms with Crippen molar-refractivity contribution in [3.8, 4) is 11.5 Å². The van der Waals surface area contributed by atoms with E-state index in [9.17, 15) is 4.79 Å². The van der Waals surface area contributed by atoms with Crippen LogP contribution in [0.3, 0.4) is 0 Å². The number of benzene rings is 2. The molecule has 2 aromatic rings. The summed E-state index contributed by atoms with van der Waals surface area (Å²) in [6.45, 7) is 7.31. The van der Waals surface area contributed by atoms with E-state index in [1.165, 1.54) is 5.56 Å². The van der Waals surface area contributed by atoms with E-state index in [0.717, 1.165) is 29.2 Å². The van der Waals surface area contributed by atoms with Gasteiger partial charge in [0, 0.05) is 35.6 Å². The summed E-state index contributed by atoms with van der Waals surface area (Å²) in [6, 6.07) is 12.5. The van der Waals surface area contributed by atoms with Gasteiger partial charge in [0.05, 0.1) is 25.5 Å². The monoisotopic (exact) mass is 409 g/mol. The number of hydrogen-bond acceptors (Lipinski definition) is 5. The highest BCUT2D eigenvalue weighted by Gasteiger charge is 2.29. The second-order valence-electron chi connectivity index (χ2n) is 7.74. The van der Waals surface area contributed by atoms with E-state index in [1.807, 2.05) is 13.0 Å². The van der Waals surface area contributed by atoms with E-state index in [1.54, 1.807) is 20.3 Å². The molecule has 1 aliphatic rings. The molecule has 160 valence electrons. The Labute approximate surface area is 178 Å². The van der Waals surface area contributed by atoms with Gasteiger partial charge in [0.1, 0.15) is 0 Å². The minimum absolute atomic E-state index is 0.125. The first-order valence-corrected chi connectivity index (χ1v) is 10.2. The molecule has 0 saturated carbocycles. The fourth-order valence-corrected chi connectivity index (χ4v) is 3.46. The van der Waals surface area contributed by atoms with Gasteiger partial charge in [-0.15, -0.1) is 0 Å². The smallest absolute Gasteiger partial charge is 0.258 e. The summed E-state index contributed by atoms with van der Waals surface area (Å²) in [5.41, 5.74) is 5.26. The molecule has 1 amide bonds. The zero-order chi connectivity index (χ0) is 21.8. The van der Waals surface area contributed by atoms with Crippen molar-refractivity contribution in [2.75, 3.05) is 31.9 Å². The fourth-order valence-electron chi connectivity index (χ4n) is 3.46. The van der Waals surface area contributed by atoms with Crippen LogP contribution in [0, 0.1) is 0 Å². The molecule has 30 heavy (non-hydrogen) atoms. The van der Waals surface area contributed by atoms with Crippen molar-refractivity contribution in [1.29, 1.82) is 0 Å². The lowest BCUT2D eigenvalue weighted by Gasteiger charge is -2.21. The molecule has 2 aromatic carbocycles. The third-order valence-electron chi connectivity index (χ3n) is 5.49. The highest BCUT2D eigenvalue weighted by atomic mass is 16.5. The maximum atomic E-state index is 12.8. The number of nitrogens with one attached hydrogen (secondary N) is 2. The molecule has 0 aromatic heterocycles. The first-order chi connectivity index (χ1) is 14.4. The average Bonchev–Trinajstić information content (AvgIpc) is 3.06. The van der Waals surface area contributed by atoms with Crippen molar-refractivity contribution in [3.63, 3.8) is 0 Å². The molecule has 0 unspecified atom stereocenters. The van der Waals surface area contributed by atoms with Crippen LogP contribution in [0.5, 0.6) is 11.5 Å². The highest BCUT2D eigenvalue weighted by molar-refractivity contribution is 6.32. The molecule has 0 spiro atoms. The van der Waals surface area contributed by atoms with E-state index in [-0.39, 0.29) is 5.91 Å². The zero-order valence-electron chi connectivity index (χ0n) is 18.6. The number of nitrogens with zero attached hydrogens (tertiary/aromatic N) is 1. The van der Waals surface area contributed by atoms with Crippen molar-refractivity contribution in [3.05, 3.63) is 53.2 Å². The topological polar surface area (TPSA) is 62.8 Å². The van der Waals surface area contributed by atoms with Crippen LogP contribution < -0.4 is 20.1 Å². The van der Waals surface area contributed by atoms with E-state index >= 15 is 0 Å². The third-order valence-corrected chi connectivity index (χ3v) is 5.49. The second kappa shape index (κ2) is 9.22. The summed E-state index contributed by atoms with van der Waals surface area (Å²) in [6.07, 6.45) is 0.689. The lowest BCUT2D eigenvalue weighted by Crippen LogP contribution is -2.25. The predicted octanol–water partition coefficient (Wildman–Crippen LogP) is 4.73. The summed E-state index contributed by atoms with van der Waals surface area (Å²) in [5.74, 6) is 1.06. The molecule has 0 bridgehead atoms. The van der Waals surface area contributed by atoms with Gasteiger partial charge in [0.25, 0.3) is 5.91 Å². The molecule has 0 radical (unpaired) electrons. The van der Waals surface area contributed by atoms with Crippen LogP contribution in [0.15, 0.2) is 42.1 Å². The van der Waals surface area contributed by atoms with Crippen LogP contribution in [-0.2, 0) is 11.3 Å². The Morgan fingerprint density at radius 2 is 1.73 bits per heavy atom. The first-order valence-electron chi connectivity index (χ1n) is 10.2. The molecular formula is C24H31N3O3. The zero-order valence-corrected chi connectivity index (χ0v) is 18.6. The third kappa shape index (κ3) is 4.44. The largest absolute Gasteiger partial charge is 0.493 e. The van der Waals surface area contributed by atoms with Gasteiger partial charge in [-0.05, 0) is 51.1 Å². The molecule has 2 N–H and O–H groups in total. The number of amides is 1. The van der Waals surface area contributed by atoms with Crippen LogP contribution in [0.4, 0.5) is 11.4 Å². The van der Waals surface area contributed by atoms with Gasteiger partial charge in [-0.2, -0.15) is 0 Å². The maximum Gasteiger partial charge on any atom is 0.258 e. The lowest BCUT2D eigenvalue weighted by molar-refractivity contribution is -0.110. The van der Waals surface area contributed by atoms with Gasteiger partial charge >= 0.3 is 0 Å². The lowest BCUT2D eigenvalue weighted by atomic mass is 10.0. The minimum atomic E-state index is -0.125. The maximum absolute atomic E-state index is 12.8. The summed E-state index contributed by atoms with van der Waals surface area (Å²) in [5, 5.41) is 6.38. The number of carbonyl (C=O) groups is 1. The van der Waals surface area contributed by atoms with Crippen molar-refractivity contribution >= 4 is 22.9 Å². The van der Waals surface area contributed by atoms with E-state index in [0.29, 0.717) is 29.5 Å². The molecule has 6 heteroatoms. The van der Waals surface area contributed by atoms with Crippen molar-refractivity contribution in [2.24, 2.45) is 0 Å². The van der Waals surface area contributed by atoms with Crippen LogP contribution in [0.25, 0.3) is 5.57 Å². The predicted molar refractivity (Wildman–Crippen MR) is 122 cm³/mol. The van der Waals surface area contributed by atoms with Gasteiger partial charge in [0.15, 0.2) is 11.5 Å². The summed E-state index contributed by atoms with van der Waals surface area (Å²) >= 11 is 0. The minimum Gasteiger partial charge on any atom is -0.493 e. The Morgan fingerprint density at radius 3 is 2.30 bits per heavy atom. The Kier molecular flexibility index (Phi) is 6.67. The molecule has 1 heterocycles. The van der Waals surface area contributed by atoms with Crippen molar-refractivity contribution in [2.45, 2.75) is 39.8 Å². The highest BCUT2D eigenvalue weighted by Crippen LogP contribution is 2.42. The second-order valence-corrected chi connectivity index (χ2v) is 7.74. The Balaban J connectivity index is 1.90. The van der Waals surface area contributed by atoms with Gasteiger partial charge in [-0.1, -0.05) is 19.1 Å². The van der Waals surface area contributed by atoms with Crippen LogP contribution in [-0.4, -0.2) is 38.1 Å². The number of allylic oxidation sites excluding steroid dienone is 1. The molecule has 0 fully saturated rings. The van der Waals surface area contributed by atoms with E-state index in [2.05, 4.69) is 60.7 Å². The Bertz CT molecular complexity index is 949. The SMILES string of the molecule is CCC(Nc1ccc(CN(C)C(C)C)cc1)=C1C(=O)Nc2cc(OC)c(OC)cc21. The summed E-state index contributed by atoms with van der Waals surface area (Å²) in [4.78, 5) is 15.1. The number of anilines is 2. The Hall–Kier alpha value is -2.99. The van der Waals surface area contributed by atoms with Gasteiger partial charge in [-0.3, -0.25) is 9.69 Å². The average molecular weight is 410 g/mol. The molecule has 3 rings (SSSR count). The molecule has 1 aliphatic heterocycles. The standard InChI is InChI=1S/C24H31N3O3/c1-7-19(25-17-10-8-16(9-11-17)14-27(4)15(2)3)23-18-12-21(29-5)22(30-6)13-20(18)26-24(23)28/h8-13,15,25H,7,14H2,1-6H3,(H,26,28). The number of carbonyl (C=O) groups excluding carboxylic acids is 1. The number of hydrogen-bond donors (Lipinski definition) is 2. The number of rotatable bonds is 8. The van der Waals surface area contributed by atoms with Gasteiger partial charge in [-0.25, -0.2) is 0 Å². The van der Waals surface area contributed by atoms with Crippen molar-refractivity contribution < 1.29 is 14.3 Å². The van der Waals surface area contributed by atoms with E-state index in [4.69, 9.17) is 9.47 Å². The molecular weight excluding hydrogens is 378 g/mol. The van der Waals surface area contributed by atoms with Crippen LogP contribution >= 0.6 is 0 Å². The number of fused-ring (bicyclic) bond motifs is 1. The van der Waals surface area contributed by atoms with Gasteiger partial charge < -0.3 is 20.1 Å². The Morgan fingerprint density at radius 1 is 1.10 bits per heavy atom. The molecule has 0 aliphatic carbocycles. The summed E-state index contributed by atoms with van der Waals surface area (Å²) in [7, 11) is 5.30. The number of ether oxygens (including phenoxy) is 2. The summed E-state index contributed by atoms with van der Waals surface area (Å²) < 4.78 is 10.8. The van der Waals surface area contributed by atoms with E-state index < -0.39 is 0 Å². The molecule has 6 nitrogen and oxygen atoms in total. The van der Waals surface area contributed by atoms with Crippen LogP contribution in [0.2, 0.25) is 0 Å².